The van der Waals surface area contributed by atoms with E-state index in [9.17, 15) is 9.59 Å². The van der Waals surface area contributed by atoms with Crippen molar-refractivity contribution in [2.24, 2.45) is 5.73 Å². The van der Waals surface area contributed by atoms with Crippen molar-refractivity contribution in [3.05, 3.63) is 24.3 Å². The third-order valence-corrected chi connectivity index (χ3v) is 4.53. The highest BCUT2D eigenvalue weighted by atomic mass is 16.5. The fourth-order valence-corrected chi connectivity index (χ4v) is 2.86. The van der Waals surface area contributed by atoms with Crippen LogP contribution >= 0.6 is 0 Å². The molecule has 1 aliphatic carbocycles. The van der Waals surface area contributed by atoms with Crippen molar-refractivity contribution >= 4 is 23.2 Å². The highest BCUT2D eigenvalue weighted by molar-refractivity contribution is 5.97. The lowest BCUT2D eigenvalue weighted by atomic mass is 9.92. The Labute approximate surface area is 141 Å². The molecule has 1 aliphatic heterocycles. The van der Waals surface area contributed by atoms with Crippen LogP contribution in [-0.4, -0.2) is 50.2 Å². The molecular weight excluding hydrogens is 308 g/mol. The van der Waals surface area contributed by atoms with Crippen molar-refractivity contribution in [3.8, 4) is 0 Å². The van der Waals surface area contributed by atoms with Gasteiger partial charge in [-0.2, -0.15) is 0 Å². The number of rotatable bonds is 6. The van der Waals surface area contributed by atoms with E-state index in [-0.39, 0.29) is 31.0 Å². The van der Waals surface area contributed by atoms with Crippen LogP contribution in [0.15, 0.2) is 24.3 Å². The number of anilines is 2. The molecule has 1 aromatic rings. The van der Waals surface area contributed by atoms with E-state index in [0.29, 0.717) is 24.9 Å². The van der Waals surface area contributed by atoms with Crippen molar-refractivity contribution < 1.29 is 14.3 Å². The van der Waals surface area contributed by atoms with E-state index in [4.69, 9.17) is 10.5 Å². The Morgan fingerprint density at radius 1 is 1.33 bits per heavy atom. The predicted molar refractivity (Wildman–Crippen MR) is 91.9 cm³/mol. The Morgan fingerprint density at radius 3 is 2.67 bits per heavy atom. The molecule has 1 atom stereocenters. The molecule has 7 heteroatoms. The van der Waals surface area contributed by atoms with Crippen molar-refractivity contribution in [1.82, 2.24) is 5.32 Å². The maximum atomic E-state index is 12.3. The minimum Gasteiger partial charge on any atom is -0.370 e. The lowest BCUT2D eigenvalue weighted by Gasteiger charge is -2.30. The molecule has 24 heavy (non-hydrogen) atoms. The molecule has 3 rings (SSSR count). The number of carbonyl (C=O) groups is 2. The fourth-order valence-electron chi connectivity index (χ4n) is 2.86. The minimum absolute atomic E-state index is 0.0501. The summed E-state index contributed by atoms with van der Waals surface area (Å²) in [6.45, 7) is 1.46. The largest absolute Gasteiger partial charge is 0.370 e. The summed E-state index contributed by atoms with van der Waals surface area (Å²) in [5, 5.41) is 6.17. The molecule has 130 valence electrons. The summed E-state index contributed by atoms with van der Waals surface area (Å²) < 4.78 is 5.13. The third-order valence-electron chi connectivity index (χ3n) is 4.53. The third kappa shape index (κ3) is 3.92. The molecule has 0 unspecified atom stereocenters. The van der Waals surface area contributed by atoms with E-state index >= 15 is 0 Å². The van der Waals surface area contributed by atoms with Gasteiger partial charge >= 0.3 is 0 Å². The molecule has 0 radical (unpaired) electrons. The van der Waals surface area contributed by atoms with Gasteiger partial charge < -0.3 is 26.0 Å². The van der Waals surface area contributed by atoms with E-state index in [2.05, 4.69) is 10.6 Å². The van der Waals surface area contributed by atoms with Gasteiger partial charge in [-0.25, -0.2) is 0 Å². The first-order chi connectivity index (χ1) is 11.7. The SMILES string of the molecule is NC[C@H](NC1CCC1)C(=O)Nc1ccc(N2CCOCC2=O)cc1. The summed E-state index contributed by atoms with van der Waals surface area (Å²) in [6, 6.07) is 7.28. The van der Waals surface area contributed by atoms with Gasteiger partial charge in [-0.15, -0.1) is 0 Å². The quantitative estimate of drug-likeness (QED) is 0.703. The maximum absolute atomic E-state index is 12.3. The second kappa shape index (κ2) is 7.74. The average molecular weight is 332 g/mol. The van der Waals surface area contributed by atoms with Gasteiger partial charge in [0.1, 0.15) is 6.61 Å². The summed E-state index contributed by atoms with van der Waals surface area (Å²) in [6.07, 6.45) is 3.41. The standard InChI is InChI=1S/C17H24N4O3/c18-10-15(19-12-2-1-3-12)17(23)20-13-4-6-14(7-5-13)21-8-9-24-11-16(21)22/h4-7,12,15,19H,1-3,8-11,18H2,(H,20,23)/t15-/m0/s1. The van der Waals surface area contributed by atoms with Gasteiger partial charge in [-0.1, -0.05) is 6.42 Å². The van der Waals surface area contributed by atoms with Crippen LogP contribution in [0.2, 0.25) is 0 Å². The topological polar surface area (TPSA) is 96.7 Å². The number of morpholine rings is 1. The molecule has 4 N–H and O–H groups in total. The van der Waals surface area contributed by atoms with Crippen LogP contribution in [0.3, 0.4) is 0 Å². The Bertz CT molecular complexity index is 586. The molecule has 7 nitrogen and oxygen atoms in total. The second-order valence-corrected chi connectivity index (χ2v) is 6.22. The Balaban J connectivity index is 1.58. The molecule has 2 aliphatic rings. The number of nitrogens with zero attached hydrogens (tertiary/aromatic N) is 1. The summed E-state index contributed by atoms with van der Waals surface area (Å²) in [7, 11) is 0. The molecule has 1 saturated carbocycles. The lowest BCUT2D eigenvalue weighted by Crippen LogP contribution is -2.51. The van der Waals surface area contributed by atoms with Gasteiger partial charge in [0.25, 0.3) is 5.91 Å². The molecule has 0 bridgehead atoms. The fraction of sp³-hybridized carbons (Fsp3) is 0.529. The van der Waals surface area contributed by atoms with Gasteiger partial charge in [-0.05, 0) is 37.1 Å². The first kappa shape index (κ1) is 16.9. The average Bonchev–Trinajstić information content (AvgIpc) is 2.55. The van der Waals surface area contributed by atoms with E-state index < -0.39 is 0 Å². The van der Waals surface area contributed by atoms with E-state index in [1.54, 1.807) is 17.0 Å². The zero-order valence-corrected chi connectivity index (χ0v) is 13.7. The number of amides is 2. The Morgan fingerprint density at radius 2 is 2.08 bits per heavy atom. The first-order valence-corrected chi connectivity index (χ1v) is 8.42. The molecular formula is C17H24N4O3. The number of hydrogen-bond acceptors (Lipinski definition) is 5. The summed E-state index contributed by atoms with van der Waals surface area (Å²) in [5.41, 5.74) is 7.21. The van der Waals surface area contributed by atoms with Crippen molar-refractivity contribution in [2.75, 3.05) is 36.5 Å². The van der Waals surface area contributed by atoms with Crippen LogP contribution in [0.25, 0.3) is 0 Å². The number of benzene rings is 1. The van der Waals surface area contributed by atoms with Crippen LogP contribution in [0, 0.1) is 0 Å². The highest BCUT2D eigenvalue weighted by Crippen LogP contribution is 2.21. The van der Waals surface area contributed by atoms with Crippen molar-refractivity contribution in [3.63, 3.8) is 0 Å². The summed E-state index contributed by atoms with van der Waals surface area (Å²) >= 11 is 0. The van der Waals surface area contributed by atoms with E-state index in [1.165, 1.54) is 6.42 Å². The number of carbonyl (C=O) groups excluding carboxylic acids is 2. The minimum atomic E-state index is -0.379. The zero-order valence-electron chi connectivity index (χ0n) is 13.7. The highest BCUT2D eigenvalue weighted by Gasteiger charge is 2.25. The molecule has 2 fully saturated rings. The van der Waals surface area contributed by atoms with Crippen LogP contribution < -0.4 is 21.3 Å². The van der Waals surface area contributed by atoms with Gasteiger partial charge in [-0.3, -0.25) is 9.59 Å². The van der Waals surface area contributed by atoms with E-state index in [0.717, 1.165) is 18.5 Å². The molecule has 1 saturated heterocycles. The van der Waals surface area contributed by atoms with Gasteiger partial charge in [0.2, 0.25) is 5.91 Å². The van der Waals surface area contributed by atoms with Crippen molar-refractivity contribution in [2.45, 2.75) is 31.3 Å². The van der Waals surface area contributed by atoms with Crippen LogP contribution in [0.4, 0.5) is 11.4 Å². The first-order valence-electron chi connectivity index (χ1n) is 8.42. The Hall–Kier alpha value is -1.96. The maximum Gasteiger partial charge on any atom is 0.253 e. The molecule has 2 amide bonds. The van der Waals surface area contributed by atoms with Gasteiger partial charge in [0.05, 0.1) is 12.6 Å². The predicted octanol–water partition coefficient (Wildman–Crippen LogP) is 0.458. The van der Waals surface area contributed by atoms with Crippen LogP contribution in [-0.2, 0) is 14.3 Å². The normalized spacial score (nSPS) is 19.7. The molecule has 0 aromatic heterocycles. The lowest BCUT2D eigenvalue weighted by molar-refractivity contribution is -0.125. The number of nitrogens with one attached hydrogen (secondary N) is 2. The monoisotopic (exact) mass is 332 g/mol. The zero-order chi connectivity index (χ0) is 16.9. The molecule has 1 aromatic carbocycles. The van der Waals surface area contributed by atoms with Gasteiger partial charge in [0, 0.05) is 30.5 Å². The second-order valence-electron chi connectivity index (χ2n) is 6.22. The summed E-state index contributed by atoms with van der Waals surface area (Å²) in [4.78, 5) is 25.8. The number of hydrogen-bond donors (Lipinski definition) is 3. The number of ether oxygens (including phenoxy) is 1. The summed E-state index contributed by atoms with van der Waals surface area (Å²) in [5.74, 6) is -0.175. The molecule has 1 heterocycles. The van der Waals surface area contributed by atoms with Crippen molar-refractivity contribution in [1.29, 1.82) is 0 Å². The smallest absolute Gasteiger partial charge is 0.253 e. The Kier molecular flexibility index (Phi) is 5.44. The number of nitrogens with two attached hydrogens (primary N) is 1. The van der Waals surface area contributed by atoms with E-state index in [1.807, 2.05) is 12.1 Å². The van der Waals surface area contributed by atoms with Crippen LogP contribution in [0.5, 0.6) is 0 Å². The van der Waals surface area contributed by atoms with Gasteiger partial charge in [0.15, 0.2) is 0 Å². The molecule has 0 spiro atoms. The van der Waals surface area contributed by atoms with Crippen LogP contribution in [0.1, 0.15) is 19.3 Å².